The minimum absolute atomic E-state index is 0.0844. The molecule has 0 bridgehead atoms. The highest BCUT2D eigenvalue weighted by atomic mass is 14.2. The summed E-state index contributed by atoms with van der Waals surface area (Å²) in [5, 5.41) is 0. The van der Waals surface area contributed by atoms with E-state index in [0.717, 1.165) is 19.3 Å². The summed E-state index contributed by atoms with van der Waals surface area (Å²) in [6.45, 7) is 22.0. The van der Waals surface area contributed by atoms with Crippen molar-refractivity contribution in [2.75, 3.05) is 0 Å². The summed E-state index contributed by atoms with van der Waals surface area (Å²) < 4.78 is 0. The van der Waals surface area contributed by atoms with E-state index >= 15 is 0 Å². The molecule has 0 rings (SSSR count). The molecule has 0 aliphatic heterocycles. The van der Waals surface area contributed by atoms with E-state index in [1.165, 1.54) is 54.4 Å². The van der Waals surface area contributed by atoms with Crippen LogP contribution in [0.3, 0.4) is 0 Å². The Morgan fingerprint density at radius 3 is 1.73 bits per heavy atom. The average molecular weight is 411 g/mol. The number of hydrogen-bond donors (Lipinski definition) is 0. The van der Waals surface area contributed by atoms with Crippen molar-refractivity contribution < 1.29 is 0 Å². The van der Waals surface area contributed by atoms with Gasteiger partial charge in [-0.2, -0.15) is 0 Å². The molecule has 0 aliphatic carbocycles. The van der Waals surface area contributed by atoms with Crippen LogP contribution >= 0.6 is 0 Å². The van der Waals surface area contributed by atoms with Crippen molar-refractivity contribution in [2.24, 2.45) is 11.3 Å². The Morgan fingerprint density at radius 1 is 0.767 bits per heavy atom. The Kier molecular flexibility index (Phi) is 15.3. The van der Waals surface area contributed by atoms with E-state index in [0.29, 0.717) is 5.92 Å². The van der Waals surface area contributed by atoms with Crippen molar-refractivity contribution in [2.45, 2.75) is 107 Å². The number of rotatable bonds is 15. The first-order valence-electron chi connectivity index (χ1n) is 12.0. The standard InChI is InChI=1S/C30H50/c1-10-30(9,23-14-21-28(7)18-12-16-26(4)5)24-22-29(8)20-13-19-27(6)17-11-15-25(2)3/h10,15-16,19,21-22,24,29H,1,11-14,17-18,20,23H2,2-9H3/b24-22+,27-19+,28-21+. The third-order valence-electron chi connectivity index (χ3n) is 5.74. The minimum atomic E-state index is 0.0844. The zero-order valence-electron chi connectivity index (χ0n) is 21.5. The molecule has 170 valence electrons. The van der Waals surface area contributed by atoms with Crippen molar-refractivity contribution in [1.29, 1.82) is 0 Å². The van der Waals surface area contributed by atoms with E-state index in [2.05, 4.69) is 105 Å². The maximum Gasteiger partial charge on any atom is 0.00330 e. The average Bonchev–Trinajstić information content (AvgIpc) is 2.66. The van der Waals surface area contributed by atoms with E-state index in [9.17, 15) is 0 Å². The van der Waals surface area contributed by atoms with E-state index in [1.807, 2.05) is 0 Å². The molecule has 0 heterocycles. The van der Waals surface area contributed by atoms with Gasteiger partial charge in [-0.3, -0.25) is 0 Å². The van der Waals surface area contributed by atoms with Gasteiger partial charge in [0.05, 0.1) is 0 Å². The van der Waals surface area contributed by atoms with Crippen LogP contribution in [0.2, 0.25) is 0 Å². The van der Waals surface area contributed by atoms with Gasteiger partial charge in [-0.25, -0.2) is 0 Å². The largest absolute Gasteiger partial charge is 0.102 e. The fourth-order valence-electron chi connectivity index (χ4n) is 3.34. The lowest BCUT2D eigenvalue weighted by Crippen LogP contribution is -2.09. The van der Waals surface area contributed by atoms with Gasteiger partial charge in [-0.15, -0.1) is 6.58 Å². The van der Waals surface area contributed by atoms with Gasteiger partial charge in [0, 0.05) is 5.41 Å². The molecule has 0 heteroatoms. The van der Waals surface area contributed by atoms with Crippen molar-refractivity contribution in [3.63, 3.8) is 0 Å². The van der Waals surface area contributed by atoms with Gasteiger partial charge < -0.3 is 0 Å². The first-order valence-corrected chi connectivity index (χ1v) is 12.0. The molecule has 30 heavy (non-hydrogen) atoms. The SMILES string of the molecule is C=CC(C)(/C=C/C(C)CC/C=C(\C)CCC=C(C)C)CC/C=C(\C)CCC=C(C)C. The molecule has 0 radical (unpaired) electrons. The van der Waals surface area contributed by atoms with Crippen LogP contribution in [-0.4, -0.2) is 0 Å². The van der Waals surface area contributed by atoms with Gasteiger partial charge in [-0.05, 0) is 98.8 Å². The monoisotopic (exact) mass is 410 g/mol. The summed E-state index contributed by atoms with van der Waals surface area (Å²) in [4.78, 5) is 0. The molecule has 0 N–H and O–H groups in total. The summed E-state index contributed by atoms with van der Waals surface area (Å²) >= 11 is 0. The van der Waals surface area contributed by atoms with E-state index in [4.69, 9.17) is 0 Å². The lowest BCUT2D eigenvalue weighted by Gasteiger charge is -2.21. The zero-order valence-corrected chi connectivity index (χ0v) is 21.5. The van der Waals surface area contributed by atoms with Crippen LogP contribution in [-0.2, 0) is 0 Å². The van der Waals surface area contributed by atoms with Crippen molar-refractivity contribution in [3.05, 3.63) is 71.4 Å². The maximum atomic E-state index is 4.11. The lowest BCUT2D eigenvalue weighted by molar-refractivity contribution is 0.499. The van der Waals surface area contributed by atoms with Gasteiger partial charge in [0.15, 0.2) is 0 Å². The van der Waals surface area contributed by atoms with Crippen LogP contribution in [0.25, 0.3) is 0 Å². The van der Waals surface area contributed by atoms with Crippen LogP contribution in [0, 0.1) is 11.3 Å². The number of hydrogen-bond acceptors (Lipinski definition) is 0. The Morgan fingerprint density at radius 2 is 1.27 bits per heavy atom. The Balaban J connectivity index is 4.45. The minimum Gasteiger partial charge on any atom is -0.102 e. The van der Waals surface area contributed by atoms with E-state index in [-0.39, 0.29) is 5.41 Å². The normalized spacial score (nSPS) is 15.6. The zero-order chi connectivity index (χ0) is 23.0. The summed E-state index contributed by atoms with van der Waals surface area (Å²) in [6.07, 6.45) is 25.7. The quantitative estimate of drug-likeness (QED) is 0.235. The summed E-state index contributed by atoms with van der Waals surface area (Å²) in [5.41, 5.74) is 5.94. The van der Waals surface area contributed by atoms with E-state index < -0.39 is 0 Å². The van der Waals surface area contributed by atoms with Crippen LogP contribution in [0.5, 0.6) is 0 Å². The van der Waals surface area contributed by atoms with Crippen molar-refractivity contribution >= 4 is 0 Å². The predicted octanol–water partition coefficient (Wildman–Crippen LogP) is 10.3. The highest BCUT2D eigenvalue weighted by Crippen LogP contribution is 2.28. The first kappa shape index (κ1) is 28.4. The Bertz CT molecular complexity index is 627. The fraction of sp³-hybridized carbons (Fsp3) is 0.600. The summed E-state index contributed by atoms with van der Waals surface area (Å²) in [6, 6.07) is 0. The first-order chi connectivity index (χ1) is 14.1. The van der Waals surface area contributed by atoms with Gasteiger partial charge in [0.1, 0.15) is 0 Å². The Hall–Kier alpha value is -1.56. The van der Waals surface area contributed by atoms with Gasteiger partial charge in [0.25, 0.3) is 0 Å². The highest BCUT2D eigenvalue weighted by Gasteiger charge is 2.15. The molecule has 0 fully saturated rings. The summed E-state index contributed by atoms with van der Waals surface area (Å²) in [7, 11) is 0. The third kappa shape index (κ3) is 16.3. The van der Waals surface area contributed by atoms with Crippen LogP contribution < -0.4 is 0 Å². The fourth-order valence-corrected chi connectivity index (χ4v) is 3.34. The van der Waals surface area contributed by atoms with Crippen LogP contribution in [0.15, 0.2) is 71.4 Å². The molecule has 0 aromatic carbocycles. The van der Waals surface area contributed by atoms with Crippen molar-refractivity contribution in [1.82, 2.24) is 0 Å². The molecule has 0 amide bonds. The molecule has 2 unspecified atom stereocenters. The maximum absolute atomic E-state index is 4.11. The molecule has 0 aliphatic rings. The van der Waals surface area contributed by atoms with Crippen molar-refractivity contribution in [3.8, 4) is 0 Å². The highest BCUT2D eigenvalue weighted by molar-refractivity contribution is 5.10. The molecule has 2 atom stereocenters. The predicted molar refractivity (Wildman–Crippen MR) is 140 cm³/mol. The number of allylic oxidation sites excluding steroid dienone is 11. The molecule has 0 saturated heterocycles. The topological polar surface area (TPSA) is 0 Å². The van der Waals surface area contributed by atoms with Crippen LogP contribution in [0.4, 0.5) is 0 Å². The van der Waals surface area contributed by atoms with E-state index in [1.54, 1.807) is 0 Å². The molecular weight excluding hydrogens is 360 g/mol. The molecule has 0 aromatic rings. The van der Waals surface area contributed by atoms with Crippen LogP contribution in [0.1, 0.15) is 107 Å². The van der Waals surface area contributed by atoms with Gasteiger partial charge >= 0.3 is 0 Å². The Labute approximate surface area is 189 Å². The molecule has 0 aromatic heterocycles. The second-order valence-electron chi connectivity index (χ2n) is 9.90. The third-order valence-corrected chi connectivity index (χ3v) is 5.74. The smallest absolute Gasteiger partial charge is 0.00330 e. The molecule has 0 nitrogen and oxygen atoms in total. The lowest BCUT2D eigenvalue weighted by atomic mass is 9.83. The molecular formula is C30H50. The van der Waals surface area contributed by atoms with Gasteiger partial charge in [-0.1, -0.05) is 78.7 Å². The van der Waals surface area contributed by atoms with Gasteiger partial charge in [0.2, 0.25) is 0 Å². The summed E-state index contributed by atoms with van der Waals surface area (Å²) in [5.74, 6) is 0.604. The molecule has 0 spiro atoms. The second-order valence-corrected chi connectivity index (χ2v) is 9.90. The second kappa shape index (κ2) is 16.2. The molecule has 0 saturated carbocycles.